The highest BCUT2D eigenvalue weighted by Crippen LogP contribution is 2.32. The van der Waals surface area contributed by atoms with Crippen LogP contribution in [0.1, 0.15) is 5.56 Å². The molecule has 0 unspecified atom stereocenters. The van der Waals surface area contributed by atoms with Gasteiger partial charge in [0.2, 0.25) is 5.95 Å². The summed E-state index contributed by atoms with van der Waals surface area (Å²) >= 11 is 1.54. The third kappa shape index (κ3) is 2.61. The zero-order valence-corrected chi connectivity index (χ0v) is 12.5. The van der Waals surface area contributed by atoms with Crippen molar-refractivity contribution in [3.63, 3.8) is 0 Å². The number of hydrazine groups is 1. The van der Waals surface area contributed by atoms with Gasteiger partial charge in [0.1, 0.15) is 16.4 Å². The lowest BCUT2D eigenvalue weighted by Gasteiger charge is -2.12. The van der Waals surface area contributed by atoms with Crippen molar-refractivity contribution >= 4 is 39.0 Å². The summed E-state index contributed by atoms with van der Waals surface area (Å²) in [6.45, 7) is 2.03. The number of thiophene rings is 1. The van der Waals surface area contributed by atoms with Crippen LogP contribution < -0.4 is 21.3 Å². The Balaban J connectivity index is 2.09. The first-order valence-corrected chi connectivity index (χ1v) is 7.22. The molecule has 0 spiro atoms. The Bertz CT molecular complexity index is 786. The monoisotopic (exact) mass is 301 g/mol. The third-order valence-electron chi connectivity index (χ3n) is 3.06. The molecule has 7 heteroatoms. The van der Waals surface area contributed by atoms with Gasteiger partial charge in [-0.05, 0) is 36.1 Å². The van der Waals surface area contributed by atoms with Crippen molar-refractivity contribution in [1.82, 2.24) is 9.97 Å². The first-order valence-electron chi connectivity index (χ1n) is 6.35. The van der Waals surface area contributed by atoms with Gasteiger partial charge >= 0.3 is 0 Å². The Morgan fingerprint density at radius 2 is 2.10 bits per heavy atom. The molecule has 4 N–H and O–H groups in total. The summed E-state index contributed by atoms with van der Waals surface area (Å²) in [6, 6.07) is 7.91. The van der Waals surface area contributed by atoms with Crippen molar-refractivity contribution in [1.29, 1.82) is 0 Å². The van der Waals surface area contributed by atoms with Gasteiger partial charge in [-0.1, -0.05) is 6.07 Å². The van der Waals surface area contributed by atoms with Crippen LogP contribution in [-0.2, 0) is 0 Å². The molecular weight excluding hydrogens is 286 g/mol. The van der Waals surface area contributed by atoms with E-state index in [-0.39, 0.29) is 0 Å². The molecule has 0 aliphatic heterocycles. The summed E-state index contributed by atoms with van der Waals surface area (Å²) in [7, 11) is 1.64. The summed E-state index contributed by atoms with van der Waals surface area (Å²) in [6.07, 6.45) is 0. The molecule has 108 valence electrons. The van der Waals surface area contributed by atoms with Gasteiger partial charge in [-0.15, -0.1) is 11.3 Å². The minimum atomic E-state index is 0.374. The number of fused-ring (bicyclic) bond motifs is 1. The molecule has 0 fully saturated rings. The second-order valence-corrected chi connectivity index (χ2v) is 5.40. The van der Waals surface area contributed by atoms with E-state index in [1.54, 1.807) is 7.11 Å². The zero-order valence-electron chi connectivity index (χ0n) is 11.7. The number of hydrogen-bond acceptors (Lipinski definition) is 7. The number of nitrogens with one attached hydrogen (secondary N) is 2. The third-order valence-corrected chi connectivity index (χ3v) is 3.87. The van der Waals surface area contributed by atoms with Crippen LogP contribution >= 0.6 is 11.3 Å². The number of ether oxygens (including phenoxy) is 1. The summed E-state index contributed by atoms with van der Waals surface area (Å²) in [5, 5.41) is 6.22. The van der Waals surface area contributed by atoms with E-state index in [0.29, 0.717) is 11.8 Å². The molecule has 0 amide bonds. The van der Waals surface area contributed by atoms with Crippen LogP contribution in [0.2, 0.25) is 0 Å². The van der Waals surface area contributed by atoms with Crippen molar-refractivity contribution in [2.45, 2.75) is 6.92 Å². The maximum absolute atomic E-state index is 5.43. The molecule has 0 bridgehead atoms. The van der Waals surface area contributed by atoms with E-state index in [2.05, 4.69) is 20.7 Å². The van der Waals surface area contributed by atoms with Gasteiger partial charge in [0, 0.05) is 0 Å². The Morgan fingerprint density at radius 1 is 1.24 bits per heavy atom. The summed E-state index contributed by atoms with van der Waals surface area (Å²) in [4.78, 5) is 9.57. The lowest BCUT2D eigenvalue weighted by Crippen LogP contribution is -2.11. The highest BCUT2D eigenvalue weighted by atomic mass is 32.1. The first kappa shape index (κ1) is 13.6. The lowest BCUT2D eigenvalue weighted by atomic mass is 10.2. The van der Waals surface area contributed by atoms with Crippen molar-refractivity contribution < 1.29 is 4.74 Å². The van der Waals surface area contributed by atoms with Crippen molar-refractivity contribution in [3.8, 4) is 5.75 Å². The number of benzene rings is 1. The number of nitrogen functional groups attached to an aromatic ring is 1. The Morgan fingerprint density at radius 3 is 2.86 bits per heavy atom. The van der Waals surface area contributed by atoms with E-state index in [1.165, 1.54) is 11.3 Å². The highest BCUT2D eigenvalue weighted by molar-refractivity contribution is 7.16. The van der Waals surface area contributed by atoms with Crippen molar-refractivity contribution in [2.24, 2.45) is 5.84 Å². The van der Waals surface area contributed by atoms with Gasteiger partial charge in [-0.2, -0.15) is 4.98 Å². The number of nitrogens with zero attached hydrogens (tertiary/aromatic N) is 2. The predicted octanol–water partition coefficient (Wildman–Crippen LogP) is 3.04. The molecule has 0 aliphatic rings. The van der Waals surface area contributed by atoms with Gasteiger partial charge in [-0.25, -0.2) is 10.8 Å². The molecule has 0 saturated carbocycles. The standard InChI is InChI=1S/C14H15N5OS/c1-8-3-4-11(20-2)10(7-8)16-12-9-5-6-21-13(9)18-14(17-12)19-15/h3-7H,15H2,1-2H3,(H2,16,17,18,19). The van der Waals surface area contributed by atoms with Crippen LogP contribution in [0, 0.1) is 6.92 Å². The fraction of sp³-hybridized carbons (Fsp3) is 0.143. The Hall–Kier alpha value is -2.38. The molecule has 6 nitrogen and oxygen atoms in total. The number of nitrogens with two attached hydrogens (primary N) is 1. The van der Waals surface area contributed by atoms with Gasteiger partial charge in [0.25, 0.3) is 0 Å². The molecule has 0 aliphatic carbocycles. The number of anilines is 3. The molecule has 0 radical (unpaired) electrons. The molecule has 21 heavy (non-hydrogen) atoms. The van der Waals surface area contributed by atoms with Crippen LogP contribution in [0.15, 0.2) is 29.6 Å². The number of aryl methyl sites for hydroxylation is 1. The molecule has 2 heterocycles. The second-order valence-electron chi connectivity index (χ2n) is 4.51. The molecule has 0 atom stereocenters. The van der Waals surface area contributed by atoms with E-state index in [1.807, 2.05) is 36.6 Å². The van der Waals surface area contributed by atoms with E-state index in [4.69, 9.17) is 10.6 Å². The summed E-state index contributed by atoms with van der Waals surface area (Å²) in [5.41, 5.74) is 4.47. The average molecular weight is 301 g/mol. The van der Waals surface area contributed by atoms with Gasteiger partial charge in [0.15, 0.2) is 0 Å². The Labute approximate surface area is 126 Å². The van der Waals surface area contributed by atoms with Crippen LogP contribution in [0.3, 0.4) is 0 Å². The fourth-order valence-corrected chi connectivity index (χ4v) is 2.83. The van der Waals surface area contributed by atoms with Gasteiger partial charge in [0.05, 0.1) is 18.2 Å². The number of aromatic nitrogens is 2. The normalized spacial score (nSPS) is 10.6. The maximum Gasteiger partial charge on any atom is 0.240 e. The topological polar surface area (TPSA) is 85.1 Å². The largest absolute Gasteiger partial charge is 0.495 e. The summed E-state index contributed by atoms with van der Waals surface area (Å²) in [5.74, 6) is 7.25. The Kier molecular flexibility index (Phi) is 3.59. The maximum atomic E-state index is 5.43. The van der Waals surface area contributed by atoms with E-state index < -0.39 is 0 Å². The second kappa shape index (κ2) is 5.55. The first-order chi connectivity index (χ1) is 10.2. The smallest absolute Gasteiger partial charge is 0.240 e. The van der Waals surface area contributed by atoms with E-state index in [9.17, 15) is 0 Å². The van der Waals surface area contributed by atoms with E-state index in [0.717, 1.165) is 27.2 Å². The molecule has 2 aromatic heterocycles. The average Bonchev–Trinajstić information content (AvgIpc) is 2.96. The quantitative estimate of drug-likeness (QED) is 0.507. The number of hydrogen-bond donors (Lipinski definition) is 3. The van der Waals surface area contributed by atoms with Crippen molar-refractivity contribution in [3.05, 3.63) is 35.2 Å². The summed E-state index contributed by atoms with van der Waals surface area (Å²) < 4.78 is 5.38. The zero-order chi connectivity index (χ0) is 14.8. The molecule has 0 saturated heterocycles. The number of methoxy groups -OCH3 is 1. The van der Waals surface area contributed by atoms with Crippen LogP contribution in [0.4, 0.5) is 17.5 Å². The fourth-order valence-electron chi connectivity index (χ4n) is 2.06. The van der Waals surface area contributed by atoms with Gasteiger partial charge < -0.3 is 10.1 Å². The van der Waals surface area contributed by atoms with Crippen LogP contribution in [-0.4, -0.2) is 17.1 Å². The molecule has 3 aromatic rings. The van der Waals surface area contributed by atoms with Crippen LogP contribution in [0.25, 0.3) is 10.2 Å². The number of rotatable bonds is 4. The minimum Gasteiger partial charge on any atom is -0.495 e. The van der Waals surface area contributed by atoms with Crippen molar-refractivity contribution in [2.75, 3.05) is 17.9 Å². The SMILES string of the molecule is COc1ccc(C)cc1Nc1nc(NN)nc2sccc12. The highest BCUT2D eigenvalue weighted by Gasteiger charge is 2.11. The molecular formula is C14H15N5OS. The minimum absolute atomic E-state index is 0.374. The van der Waals surface area contributed by atoms with Gasteiger partial charge in [-0.3, -0.25) is 5.43 Å². The van der Waals surface area contributed by atoms with Crippen LogP contribution in [0.5, 0.6) is 5.75 Å². The molecule has 3 rings (SSSR count). The predicted molar refractivity (Wildman–Crippen MR) is 86.2 cm³/mol. The lowest BCUT2D eigenvalue weighted by molar-refractivity contribution is 0.416. The van der Waals surface area contributed by atoms with E-state index >= 15 is 0 Å². The molecule has 1 aromatic carbocycles.